The first-order valence-corrected chi connectivity index (χ1v) is 10.5. The molecule has 4 rings (SSSR count). The summed E-state index contributed by atoms with van der Waals surface area (Å²) < 4.78 is 27.5. The van der Waals surface area contributed by atoms with E-state index in [1.54, 1.807) is 18.2 Å². The highest BCUT2D eigenvalue weighted by Gasteiger charge is 2.33. The molecule has 0 atom stereocenters. The van der Waals surface area contributed by atoms with Crippen LogP contribution < -0.4 is 0 Å². The summed E-state index contributed by atoms with van der Waals surface area (Å²) >= 11 is 6.06. The summed E-state index contributed by atoms with van der Waals surface area (Å²) in [7, 11) is -3.51. The molecule has 3 aromatic rings. The number of nitrogens with zero attached hydrogens (tertiary/aromatic N) is 2. The van der Waals surface area contributed by atoms with Crippen LogP contribution in [0.3, 0.4) is 0 Å². The number of aromatic amines is 2. The fourth-order valence-corrected chi connectivity index (χ4v) is 5.89. The van der Waals surface area contributed by atoms with Gasteiger partial charge in [-0.05, 0) is 50.3 Å². The summed E-state index contributed by atoms with van der Waals surface area (Å²) in [5, 5.41) is 8.67. The lowest BCUT2D eigenvalue weighted by molar-refractivity contribution is 0.320. The molecule has 26 heavy (non-hydrogen) atoms. The Morgan fingerprint density at radius 1 is 1.23 bits per heavy atom. The van der Waals surface area contributed by atoms with Crippen LogP contribution in [0.2, 0.25) is 5.02 Å². The van der Waals surface area contributed by atoms with Crippen LogP contribution in [0.5, 0.6) is 0 Å². The van der Waals surface area contributed by atoms with Gasteiger partial charge in [0.25, 0.3) is 0 Å². The zero-order valence-electron chi connectivity index (χ0n) is 14.7. The summed E-state index contributed by atoms with van der Waals surface area (Å²) in [5.41, 5.74) is 3.38. The Labute approximate surface area is 157 Å². The van der Waals surface area contributed by atoms with Gasteiger partial charge in [-0.15, -0.1) is 0 Å². The van der Waals surface area contributed by atoms with Gasteiger partial charge in [-0.1, -0.05) is 17.7 Å². The van der Waals surface area contributed by atoms with Gasteiger partial charge in [0, 0.05) is 35.2 Å². The van der Waals surface area contributed by atoms with E-state index in [-0.39, 0.29) is 0 Å². The van der Waals surface area contributed by atoms with E-state index in [2.05, 4.69) is 15.2 Å². The quantitative estimate of drug-likeness (QED) is 0.712. The number of halogens is 1. The van der Waals surface area contributed by atoms with Gasteiger partial charge in [0.15, 0.2) is 0 Å². The Hall–Kier alpha value is -1.83. The SMILES string of the molecule is Cc1n[nH]c(C)c1S(=O)(=O)N1CCC(c2c[nH]c3cc(Cl)ccc23)CC1. The molecule has 0 radical (unpaired) electrons. The minimum Gasteiger partial charge on any atom is -0.361 e. The molecule has 0 aliphatic carbocycles. The number of H-pyrrole nitrogens is 2. The lowest BCUT2D eigenvalue weighted by Gasteiger charge is -2.31. The maximum Gasteiger partial charge on any atom is 0.246 e. The second-order valence-electron chi connectivity index (χ2n) is 6.88. The summed E-state index contributed by atoms with van der Waals surface area (Å²) in [6.45, 7) is 4.49. The van der Waals surface area contributed by atoms with E-state index < -0.39 is 10.0 Å². The number of aryl methyl sites for hydroxylation is 2. The topological polar surface area (TPSA) is 81.8 Å². The number of aromatic nitrogens is 3. The maximum atomic E-state index is 13.0. The largest absolute Gasteiger partial charge is 0.361 e. The molecule has 6 nitrogen and oxygen atoms in total. The number of fused-ring (bicyclic) bond motifs is 1. The molecule has 0 unspecified atom stereocenters. The molecule has 1 aliphatic heterocycles. The summed E-state index contributed by atoms with van der Waals surface area (Å²) in [4.78, 5) is 3.59. The molecule has 1 fully saturated rings. The Balaban J connectivity index is 1.55. The maximum absolute atomic E-state index is 13.0. The zero-order valence-corrected chi connectivity index (χ0v) is 16.3. The third-order valence-electron chi connectivity index (χ3n) is 5.23. The van der Waals surface area contributed by atoms with Crippen LogP contribution in [-0.4, -0.2) is 41.0 Å². The Kier molecular flexibility index (Phi) is 4.33. The minimum atomic E-state index is -3.51. The van der Waals surface area contributed by atoms with Crippen LogP contribution in [0.25, 0.3) is 10.9 Å². The van der Waals surface area contributed by atoms with Crippen molar-refractivity contribution >= 4 is 32.5 Å². The molecule has 1 aromatic carbocycles. The van der Waals surface area contributed by atoms with Crippen LogP contribution in [0.4, 0.5) is 0 Å². The van der Waals surface area contributed by atoms with Gasteiger partial charge < -0.3 is 4.98 Å². The molecular formula is C18H21ClN4O2S. The van der Waals surface area contributed by atoms with Crippen LogP contribution in [0, 0.1) is 13.8 Å². The first kappa shape index (κ1) is 17.6. The summed E-state index contributed by atoms with van der Waals surface area (Å²) in [6, 6.07) is 5.85. The average Bonchev–Trinajstić information content (AvgIpc) is 3.18. The van der Waals surface area contributed by atoms with E-state index >= 15 is 0 Å². The van der Waals surface area contributed by atoms with Crippen molar-refractivity contribution < 1.29 is 8.42 Å². The molecule has 8 heteroatoms. The molecule has 0 amide bonds. The smallest absolute Gasteiger partial charge is 0.246 e. The lowest BCUT2D eigenvalue weighted by Crippen LogP contribution is -2.38. The predicted octanol–water partition coefficient (Wildman–Crippen LogP) is 3.73. The molecule has 0 bridgehead atoms. The number of hydrogen-bond acceptors (Lipinski definition) is 3. The average molecular weight is 393 g/mol. The second-order valence-corrected chi connectivity index (χ2v) is 9.19. The molecule has 2 N–H and O–H groups in total. The third kappa shape index (κ3) is 2.84. The van der Waals surface area contributed by atoms with Crippen molar-refractivity contribution in [1.29, 1.82) is 0 Å². The van der Waals surface area contributed by atoms with Crippen LogP contribution in [0.15, 0.2) is 29.3 Å². The predicted molar refractivity (Wildman–Crippen MR) is 102 cm³/mol. The van der Waals surface area contributed by atoms with Gasteiger partial charge in [-0.2, -0.15) is 9.40 Å². The number of piperidine rings is 1. The van der Waals surface area contributed by atoms with E-state index in [9.17, 15) is 8.42 Å². The first-order chi connectivity index (χ1) is 12.4. The van der Waals surface area contributed by atoms with Crippen molar-refractivity contribution in [3.05, 3.63) is 46.4 Å². The Morgan fingerprint density at radius 3 is 2.62 bits per heavy atom. The van der Waals surface area contributed by atoms with Gasteiger partial charge in [0.2, 0.25) is 10.0 Å². The van der Waals surface area contributed by atoms with E-state index in [1.807, 2.05) is 24.4 Å². The molecule has 1 saturated heterocycles. The number of rotatable bonds is 3. The molecule has 0 saturated carbocycles. The molecule has 138 valence electrons. The van der Waals surface area contributed by atoms with E-state index in [1.165, 1.54) is 5.56 Å². The van der Waals surface area contributed by atoms with Crippen molar-refractivity contribution in [2.75, 3.05) is 13.1 Å². The van der Waals surface area contributed by atoms with Crippen molar-refractivity contribution in [3.63, 3.8) is 0 Å². The van der Waals surface area contributed by atoms with Gasteiger partial charge >= 0.3 is 0 Å². The minimum absolute atomic E-state index is 0.317. The normalized spacial score (nSPS) is 17.2. The standard InChI is InChI=1S/C18H21ClN4O2S/c1-11-18(12(2)22-21-11)26(24,25)23-7-5-13(6-8-23)16-10-20-17-9-14(19)3-4-15(16)17/h3-4,9-10,13,20H,5-8H2,1-2H3,(H,21,22). The number of benzene rings is 1. The fourth-order valence-electron chi connectivity index (χ4n) is 3.92. The van der Waals surface area contributed by atoms with Crippen LogP contribution in [0.1, 0.15) is 35.7 Å². The molecule has 2 aromatic heterocycles. The highest BCUT2D eigenvalue weighted by molar-refractivity contribution is 7.89. The van der Waals surface area contributed by atoms with E-state index in [0.29, 0.717) is 40.3 Å². The Bertz CT molecular complexity index is 1040. The fraction of sp³-hybridized carbons (Fsp3) is 0.389. The highest BCUT2D eigenvalue weighted by Crippen LogP contribution is 2.35. The van der Waals surface area contributed by atoms with Crippen LogP contribution in [-0.2, 0) is 10.0 Å². The van der Waals surface area contributed by atoms with Gasteiger partial charge in [0.1, 0.15) is 4.90 Å². The van der Waals surface area contributed by atoms with Crippen molar-refractivity contribution in [1.82, 2.24) is 19.5 Å². The molecular weight excluding hydrogens is 372 g/mol. The molecule has 0 spiro atoms. The summed E-state index contributed by atoms with van der Waals surface area (Å²) in [6.07, 6.45) is 3.62. The molecule has 1 aliphatic rings. The van der Waals surface area contributed by atoms with Gasteiger partial charge in [-0.3, -0.25) is 5.10 Å². The van der Waals surface area contributed by atoms with Gasteiger partial charge in [-0.25, -0.2) is 8.42 Å². The number of sulfonamides is 1. The van der Waals surface area contributed by atoms with Crippen LogP contribution >= 0.6 is 11.6 Å². The van der Waals surface area contributed by atoms with Gasteiger partial charge in [0.05, 0.1) is 11.4 Å². The third-order valence-corrected chi connectivity index (χ3v) is 7.63. The second kappa shape index (κ2) is 6.40. The molecule has 3 heterocycles. The van der Waals surface area contributed by atoms with Crippen molar-refractivity contribution in [3.8, 4) is 0 Å². The lowest BCUT2D eigenvalue weighted by atomic mass is 9.90. The highest BCUT2D eigenvalue weighted by atomic mass is 35.5. The van der Waals surface area contributed by atoms with Crippen molar-refractivity contribution in [2.24, 2.45) is 0 Å². The number of nitrogens with one attached hydrogen (secondary N) is 2. The zero-order chi connectivity index (χ0) is 18.5. The monoisotopic (exact) mass is 392 g/mol. The number of hydrogen-bond donors (Lipinski definition) is 2. The summed E-state index contributed by atoms with van der Waals surface area (Å²) in [5.74, 6) is 0.336. The van der Waals surface area contributed by atoms with Crippen molar-refractivity contribution in [2.45, 2.75) is 37.5 Å². The van der Waals surface area contributed by atoms with E-state index in [0.717, 1.165) is 23.7 Å². The van der Waals surface area contributed by atoms with E-state index in [4.69, 9.17) is 11.6 Å². The Morgan fingerprint density at radius 2 is 1.96 bits per heavy atom. The first-order valence-electron chi connectivity index (χ1n) is 8.66.